The van der Waals surface area contributed by atoms with E-state index in [4.69, 9.17) is 4.98 Å². The van der Waals surface area contributed by atoms with Crippen LogP contribution in [0.5, 0.6) is 5.75 Å². The van der Waals surface area contributed by atoms with E-state index in [9.17, 15) is 9.90 Å². The summed E-state index contributed by atoms with van der Waals surface area (Å²) in [5.74, 6) is 0.314. The molecule has 1 aromatic carbocycles. The molecule has 1 N–H and O–H groups in total. The van der Waals surface area contributed by atoms with Crippen LogP contribution in [0, 0.1) is 0 Å². The first-order valence-corrected chi connectivity index (χ1v) is 11.8. The zero-order valence-corrected chi connectivity index (χ0v) is 19.3. The van der Waals surface area contributed by atoms with E-state index >= 15 is 0 Å². The number of amides is 1. The summed E-state index contributed by atoms with van der Waals surface area (Å²) in [4.78, 5) is 21.9. The number of pyridine rings is 1. The first-order chi connectivity index (χ1) is 15.0. The number of rotatable bonds is 9. The molecule has 1 amide bonds. The van der Waals surface area contributed by atoms with Crippen molar-refractivity contribution in [3.63, 3.8) is 0 Å². The molecule has 0 radical (unpaired) electrons. The molecule has 0 saturated carbocycles. The van der Waals surface area contributed by atoms with Gasteiger partial charge in [0.1, 0.15) is 5.75 Å². The highest BCUT2D eigenvalue weighted by molar-refractivity contribution is 5.93. The second kappa shape index (κ2) is 10.8. The molecule has 168 valence electrons. The van der Waals surface area contributed by atoms with Crippen LogP contribution in [0.1, 0.15) is 74.5 Å². The third-order valence-electron chi connectivity index (χ3n) is 6.60. The van der Waals surface area contributed by atoms with Crippen LogP contribution in [0.15, 0.2) is 42.6 Å². The zero-order chi connectivity index (χ0) is 22.3. The topological polar surface area (TPSA) is 56.7 Å². The summed E-state index contributed by atoms with van der Waals surface area (Å²) in [5.41, 5.74) is 2.44. The van der Waals surface area contributed by atoms with Gasteiger partial charge in [0.15, 0.2) is 0 Å². The number of hydrogen-bond acceptors (Lipinski definition) is 4. The average Bonchev–Trinajstić information content (AvgIpc) is 2.80. The standard InChI is InChI=1S/C26H37N3O2/c1-4-7-8-16-28-17-10-15-26(20-28,22-11-9-12-23(30)18-22)24-14-13-21(19-27-24)25(31)29(5-2)6-3/h9,11-14,18-19,30H,4-8,10,15-17,20H2,1-3H3. The SMILES string of the molecule is CCCCCN1CCCC(c2cccc(O)c2)(c2ccc(C(=O)N(CC)CC)cn2)C1. The molecule has 1 aromatic heterocycles. The summed E-state index contributed by atoms with van der Waals surface area (Å²) in [7, 11) is 0. The highest BCUT2D eigenvalue weighted by Gasteiger charge is 2.40. The van der Waals surface area contributed by atoms with Gasteiger partial charge in [0, 0.05) is 25.8 Å². The van der Waals surface area contributed by atoms with Gasteiger partial charge in [-0.3, -0.25) is 9.78 Å². The van der Waals surface area contributed by atoms with E-state index in [0.717, 1.165) is 43.7 Å². The molecular formula is C26H37N3O2. The Bertz CT molecular complexity index is 848. The van der Waals surface area contributed by atoms with Gasteiger partial charge >= 0.3 is 0 Å². The first-order valence-electron chi connectivity index (χ1n) is 11.8. The molecule has 3 rings (SSSR count). The van der Waals surface area contributed by atoms with Crippen molar-refractivity contribution in [2.45, 2.75) is 58.3 Å². The Morgan fingerprint density at radius 1 is 1.16 bits per heavy atom. The summed E-state index contributed by atoms with van der Waals surface area (Å²) in [6.45, 7) is 10.7. The second-order valence-electron chi connectivity index (χ2n) is 8.63. The summed E-state index contributed by atoms with van der Waals surface area (Å²) in [6, 6.07) is 11.6. The van der Waals surface area contributed by atoms with Crippen molar-refractivity contribution >= 4 is 5.91 Å². The minimum Gasteiger partial charge on any atom is -0.508 e. The van der Waals surface area contributed by atoms with Crippen molar-refractivity contribution in [3.05, 3.63) is 59.4 Å². The van der Waals surface area contributed by atoms with Gasteiger partial charge in [-0.1, -0.05) is 31.9 Å². The largest absolute Gasteiger partial charge is 0.508 e. The van der Waals surface area contributed by atoms with Gasteiger partial charge in [0.2, 0.25) is 0 Å². The molecule has 0 aliphatic carbocycles. The fraction of sp³-hybridized carbons (Fsp3) is 0.538. The van der Waals surface area contributed by atoms with E-state index in [0.29, 0.717) is 18.7 Å². The number of nitrogens with zero attached hydrogens (tertiary/aromatic N) is 3. The van der Waals surface area contributed by atoms with Crippen molar-refractivity contribution in [2.75, 3.05) is 32.7 Å². The molecule has 31 heavy (non-hydrogen) atoms. The molecular weight excluding hydrogens is 386 g/mol. The summed E-state index contributed by atoms with van der Waals surface area (Å²) >= 11 is 0. The van der Waals surface area contributed by atoms with Gasteiger partial charge in [0.25, 0.3) is 5.91 Å². The Hall–Kier alpha value is -2.40. The number of hydrogen-bond donors (Lipinski definition) is 1. The number of likely N-dealkylation sites (tertiary alicyclic amines) is 1. The van der Waals surface area contributed by atoms with Gasteiger partial charge in [-0.25, -0.2) is 0 Å². The van der Waals surface area contributed by atoms with Crippen molar-refractivity contribution in [3.8, 4) is 5.75 Å². The highest BCUT2D eigenvalue weighted by atomic mass is 16.3. The number of piperidine rings is 1. The van der Waals surface area contributed by atoms with Crippen LogP contribution in [0.3, 0.4) is 0 Å². The summed E-state index contributed by atoms with van der Waals surface area (Å²) in [6.07, 6.45) is 7.47. The van der Waals surface area contributed by atoms with Crippen molar-refractivity contribution in [1.29, 1.82) is 0 Å². The minimum atomic E-state index is -0.278. The maximum absolute atomic E-state index is 12.7. The van der Waals surface area contributed by atoms with Gasteiger partial charge in [-0.15, -0.1) is 0 Å². The van der Waals surface area contributed by atoms with Gasteiger partial charge < -0.3 is 14.9 Å². The van der Waals surface area contributed by atoms with Crippen LogP contribution in [0.25, 0.3) is 0 Å². The third kappa shape index (κ3) is 5.27. The second-order valence-corrected chi connectivity index (χ2v) is 8.63. The summed E-state index contributed by atoms with van der Waals surface area (Å²) < 4.78 is 0. The van der Waals surface area contributed by atoms with E-state index in [1.807, 2.05) is 43.0 Å². The van der Waals surface area contributed by atoms with Crippen molar-refractivity contribution in [2.24, 2.45) is 0 Å². The Kier molecular flexibility index (Phi) is 8.08. The first kappa shape index (κ1) is 23.3. The number of carbonyl (C=O) groups excluding carboxylic acids is 1. The van der Waals surface area contributed by atoms with Gasteiger partial charge in [0.05, 0.1) is 16.7 Å². The van der Waals surface area contributed by atoms with E-state index in [-0.39, 0.29) is 17.1 Å². The number of phenolic OH excluding ortho intramolecular Hbond substituents is 1. The van der Waals surface area contributed by atoms with E-state index < -0.39 is 0 Å². The van der Waals surface area contributed by atoms with Crippen LogP contribution < -0.4 is 0 Å². The maximum Gasteiger partial charge on any atom is 0.255 e. The summed E-state index contributed by atoms with van der Waals surface area (Å²) in [5, 5.41) is 10.2. The Labute approximate surface area is 187 Å². The molecule has 1 aliphatic heterocycles. The molecule has 0 bridgehead atoms. The molecule has 5 nitrogen and oxygen atoms in total. The predicted octanol–water partition coefficient (Wildman–Crippen LogP) is 4.84. The smallest absolute Gasteiger partial charge is 0.255 e. The number of unbranched alkanes of at least 4 members (excludes halogenated alkanes) is 2. The van der Waals surface area contributed by atoms with Crippen molar-refractivity contribution in [1.82, 2.24) is 14.8 Å². The fourth-order valence-corrected chi connectivity index (χ4v) is 4.81. The number of phenols is 1. The third-order valence-corrected chi connectivity index (χ3v) is 6.60. The lowest BCUT2D eigenvalue weighted by molar-refractivity contribution is 0.0772. The van der Waals surface area contributed by atoms with Gasteiger partial charge in [-0.05, 0) is 76.0 Å². The average molecular weight is 424 g/mol. The van der Waals surface area contributed by atoms with Gasteiger partial charge in [-0.2, -0.15) is 0 Å². The monoisotopic (exact) mass is 423 g/mol. The fourth-order valence-electron chi connectivity index (χ4n) is 4.81. The lowest BCUT2D eigenvalue weighted by atomic mass is 9.71. The van der Waals surface area contributed by atoms with Crippen LogP contribution in [-0.4, -0.2) is 58.5 Å². The van der Waals surface area contributed by atoms with Crippen LogP contribution in [0.2, 0.25) is 0 Å². The number of carbonyl (C=O) groups is 1. The molecule has 2 heterocycles. The molecule has 2 aromatic rings. The number of aromatic nitrogens is 1. The predicted molar refractivity (Wildman–Crippen MR) is 126 cm³/mol. The van der Waals surface area contributed by atoms with E-state index in [1.54, 1.807) is 12.3 Å². The highest BCUT2D eigenvalue weighted by Crippen LogP contribution is 2.40. The van der Waals surface area contributed by atoms with E-state index in [1.165, 1.54) is 19.3 Å². The Balaban J connectivity index is 1.94. The molecule has 0 spiro atoms. The molecule has 5 heteroatoms. The molecule has 1 fully saturated rings. The van der Waals surface area contributed by atoms with Crippen LogP contribution in [-0.2, 0) is 5.41 Å². The normalized spacial score (nSPS) is 19.3. The molecule has 1 unspecified atom stereocenters. The number of aromatic hydroxyl groups is 1. The number of benzene rings is 1. The molecule has 1 saturated heterocycles. The lowest BCUT2D eigenvalue weighted by Gasteiger charge is -2.43. The van der Waals surface area contributed by atoms with Crippen LogP contribution in [0.4, 0.5) is 0 Å². The molecule has 1 atom stereocenters. The Morgan fingerprint density at radius 3 is 2.61 bits per heavy atom. The van der Waals surface area contributed by atoms with E-state index in [2.05, 4.69) is 17.9 Å². The maximum atomic E-state index is 12.7. The van der Waals surface area contributed by atoms with Crippen LogP contribution >= 0.6 is 0 Å². The quantitative estimate of drug-likeness (QED) is 0.586. The minimum absolute atomic E-state index is 0.0280. The Morgan fingerprint density at radius 2 is 1.97 bits per heavy atom. The molecule has 1 aliphatic rings. The van der Waals surface area contributed by atoms with Crippen molar-refractivity contribution < 1.29 is 9.90 Å². The zero-order valence-electron chi connectivity index (χ0n) is 19.3. The lowest BCUT2D eigenvalue weighted by Crippen LogP contribution is -2.47.